The lowest BCUT2D eigenvalue weighted by atomic mass is 10.3. The number of anilines is 4. The molecule has 9 heteroatoms. The molecule has 0 saturated carbocycles. The highest BCUT2D eigenvalue weighted by Gasteiger charge is 2.19. The van der Waals surface area contributed by atoms with E-state index in [9.17, 15) is 8.42 Å². The first kappa shape index (κ1) is 16.8. The molecule has 0 unspecified atom stereocenters. The van der Waals surface area contributed by atoms with E-state index in [1.54, 1.807) is 44.3 Å². The maximum atomic E-state index is 12.4. The first-order valence-corrected chi connectivity index (χ1v) is 8.88. The number of hydrogen-bond donors (Lipinski definition) is 3. The van der Waals surface area contributed by atoms with E-state index in [1.807, 2.05) is 0 Å². The molecule has 0 aliphatic heterocycles. The van der Waals surface area contributed by atoms with Gasteiger partial charge in [0.15, 0.2) is 5.82 Å². The number of benzene rings is 1. The van der Waals surface area contributed by atoms with E-state index >= 15 is 0 Å². The van der Waals surface area contributed by atoms with Crippen LogP contribution in [0.1, 0.15) is 11.3 Å². The average Bonchev–Trinajstić information content (AvgIpc) is 2.89. The number of aryl methyl sites for hydroxylation is 1. The molecule has 0 saturated heterocycles. The van der Waals surface area contributed by atoms with Gasteiger partial charge in [0.25, 0.3) is 10.0 Å². The topological polar surface area (TPSA) is 123 Å². The number of nitrogens with one attached hydrogen (secondary N) is 2. The molecule has 0 fully saturated rings. The zero-order chi connectivity index (χ0) is 18.0. The largest absolute Gasteiger partial charge is 0.396 e. The zero-order valence-corrected chi connectivity index (χ0v) is 14.5. The van der Waals surface area contributed by atoms with Gasteiger partial charge in [-0.05, 0) is 50.2 Å². The van der Waals surface area contributed by atoms with Crippen LogP contribution in [-0.4, -0.2) is 18.6 Å². The molecule has 130 valence electrons. The van der Waals surface area contributed by atoms with Crippen molar-refractivity contribution in [2.24, 2.45) is 0 Å². The summed E-state index contributed by atoms with van der Waals surface area (Å²) in [6.07, 6.45) is 1.61. The highest BCUT2D eigenvalue weighted by Crippen LogP contribution is 2.24. The molecule has 3 rings (SSSR count). The minimum Gasteiger partial charge on any atom is -0.396 e. The minimum atomic E-state index is -3.77. The van der Waals surface area contributed by atoms with Crippen LogP contribution >= 0.6 is 0 Å². The third-order valence-electron chi connectivity index (χ3n) is 3.65. The summed E-state index contributed by atoms with van der Waals surface area (Å²) in [6.45, 7) is 3.47. The fourth-order valence-electron chi connectivity index (χ4n) is 2.07. The van der Waals surface area contributed by atoms with Crippen molar-refractivity contribution < 1.29 is 12.9 Å². The smallest absolute Gasteiger partial charge is 0.264 e. The summed E-state index contributed by atoms with van der Waals surface area (Å²) in [7, 11) is -3.77. The molecular weight excluding hydrogens is 342 g/mol. The number of rotatable bonds is 5. The molecule has 3 aromatic rings. The van der Waals surface area contributed by atoms with Gasteiger partial charge in [0.1, 0.15) is 0 Å². The van der Waals surface area contributed by atoms with Crippen LogP contribution in [0.3, 0.4) is 0 Å². The molecule has 0 aliphatic rings. The van der Waals surface area contributed by atoms with E-state index in [0.29, 0.717) is 28.5 Å². The molecule has 4 N–H and O–H groups in total. The number of aromatic nitrogens is 2. The van der Waals surface area contributed by atoms with Gasteiger partial charge in [0.2, 0.25) is 5.88 Å². The van der Waals surface area contributed by atoms with Crippen molar-refractivity contribution in [2.45, 2.75) is 18.7 Å². The Balaban J connectivity index is 1.79. The van der Waals surface area contributed by atoms with Crippen LogP contribution in [0.2, 0.25) is 0 Å². The van der Waals surface area contributed by atoms with Crippen LogP contribution in [0, 0.1) is 13.8 Å². The van der Waals surface area contributed by atoms with Crippen molar-refractivity contribution >= 4 is 33.1 Å². The van der Waals surface area contributed by atoms with E-state index in [4.69, 9.17) is 10.3 Å². The minimum absolute atomic E-state index is 0.0977. The highest BCUT2D eigenvalue weighted by atomic mass is 32.2. The van der Waals surface area contributed by atoms with Crippen molar-refractivity contribution in [2.75, 3.05) is 15.8 Å². The van der Waals surface area contributed by atoms with Gasteiger partial charge >= 0.3 is 0 Å². The monoisotopic (exact) mass is 359 g/mol. The van der Waals surface area contributed by atoms with E-state index in [1.165, 1.54) is 12.1 Å². The van der Waals surface area contributed by atoms with Gasteiger partial charge < -0.3 is 15.6 Å². The Hall–Kier alpha value is -3.07. The summed E-state index contributed by atoms with van der Waals surface area (Å²) in [5, 5.41) is 6.77. The molecule has 1 aromatic carbocycles. The number of sulfonamides is 1. The maximum Gasteiger partial charge on any atom is 0.264 e. The van der Waals surface area contributed by atoms with Gasteiger partial charge in [-0.1, -0.05) is 5.16 Å². The number of nitrogens with two attached hydrogens (primary N) is 1. The maximum absolute atomic E-state index is 12.4. The molecule has 0 atom stereocenters. The van der Waals surface area contributed by atoms with Gasteiger partial charge in [-0.25, -0.2) is 18.1 Å². The van der Waals surface area contributed by atoms with Crippen LogP contribution < -0.4 is 15.8 Å². The highest BCUT2D eigenvalue weighted by molar-refractivity contribution is 7.92. The van der Waals surface area contributed by atoms with Gasteiger partial charge in [0, 0.05) is 17.4 Å². The fraction of sp³-hybridized carbons (Fsp3) is 0.125. The van der Waals surface area contributed by atoms with E-state index in [2.05, 4.69) is 20.2 Å². The Morgan fingerprint density at radius 2 is 1.84 bits per heavy atom. The third kappa shape index (κ3) is 3.56. The summed E-state index contributed by atoms with van der Waals surface area (Å²) in [4.78, 5) is 4.22. The van der Waals surface area contributed by atoms with Crippen molar-refractivity contribution in [1.29, 1.82) is 0 Å². The van der Waals surface area contributed by atoms with Gasteiger partial charge in [-0.2, -0.15) is 0 Å². The number of nitrogens with zero attached hydrogens (tertiary/aromatic N) is 2. The second-order valence-corrected chi connectivity index (χ2v) is 7.10. The Morgan fingerprint density at radius 1 is 1.12 bits per heavy atom. The van der Waals surface area contributed by atoms with Gasteiger partial charge in [0.05, 0.1) is 16.3 Å². The van der Waals surface area contributed by atoms with Crippen LogP contribution in [0.25, 0.3) is 0 Å². The molecule has 0 amide bonds. The fourth-order valence-corrected chi connectivity index (χ4v) is 3.11. The second kappa shape index (κ2) is 6.44. The molecule has 8 nitrogen and oxygen atoms in total. The summed E-state index contributed by atoms with van der Waals surface area (Å²) < 4.78 is 32.3. The van der Waals surface area contributed by atoms with Crippen LogP contribution in [0.15, 0.2) is 52.0 Å². The zero-order valence-electron chi connectivity index (χ0n) is 13.6. The first-order chi connectivity index (χ1) is 11.9. The molecule has 2 aromatic heterocycles. The summed E-state index contributed by atoms with van der Waals surface area (Å²) in [6, 6.07) is 9.65. The third-order valence-corrected chi connectivity index (χ3v) is 5.00. The Kier molecular flexibility index (Phi) is 4.32. The van der Waals surface area contributed by atoms with Gasteiger partial charge in [-0.15, -0.1) is 0 Å². The number of hydrogen-bond acceptors (Lipinski definition) is 7. The van der Waals surface area contributed by atoms with Gasteiger partial charge in [-0.3, -0.25) is 0 Å². The molecule has 0 aliphatic carbocycles. The van der Waals surface area contributed by atoms with Crippen molar-refractivity contribution in [3.63, 3.8) is 0 Å². The Bertz CT molecular complexity index is 997. The normalized spacial score (nSPS) is 11.3. The molecular formula is C16H17N5O3S. The first-order valence-electron chi connectivity index (χ1n) is 7.40. The lowest BCUT2D eigenvalue weighted by Gasteiger charge is -2.09. The van der Waals surface area contributed by atoms with E-state index < -0.39 is 10.0 Å². The second-order valence-electron chi connectivity index (χ2n) is 5.42. The standard InChI is InChI=1S/C16H17N5O3S/c1-10-11(2)20-24-16(10)21-25(22,23)13-7-5-12(6-8-13)19-15-14(17)4-3-9-18-15/h3-9,21H,17H2,1-2H3,(H,18,19). The van der Waals surface area contributed by atoms with Crippen LogP contribution in [0.5, 0.6) is 0 Å². The average molecular weight is 359 g/mol. The Morgan fingerprint density at radius 3 is 2.44 bits per heavy atom. The predicted molar refractivity (Wildman–Crippen MR) is 95.2 cm³/mol. The molecule has 0 spiro atoms. The quantitative estimate of drug-likeness (QED) is 0.640. The molecule has 0 bridgehead atoms. The summed E-state index contributed by atoms with van der Waals surface area (Å²) >= 11 is 0. The lowest BCUT2D eigenvalue weighted by molar-refractivity contribution is 0.430. The van der Waals surface area contributed by atoms with E-state index in [0.717, 1.165) is 0 Å². The van der Waals surface area contributed by atoms with Crippen LogP contribution in [0.4, 0.5) is 23.1 Å². The van der Waals surface area contributed by atoms with Crippen molar-refractivity contribution in [3.8, 4) is 0 Å². The van der Waals surface area contributed by atoms with Crippen LogP contribution in [-0.2, 0) is 10.0 Å². The van der Waals surface area contributed by atoms with Crippen molar-refractivity contribution in [1.82, 2.24) is 10.1 Å². The predicted octanol–water partition coefficient (Wildman–Crippen LogP) is 2.81. The molecule has 2 heterocycles. The Labute approximate surface area is 145 Å². The van der Waals surface area contributed by atoms with Crippen molar-refractivity contribution in [3.05, 3.63) is 53.9 Å². The number of pyridine rings is 1. The summed E-state index contributed by atoms with van der Waals surface area (Å²) in [5.41, 5.74) is 8.26. The molecule has 25 heavy (non-hydrogen) atoms. The number of nitrogen functional groups attached to an aromatic ring is 1. The molecule has 0 radical (unpaired) electrons. The summed E-state index contributed by atoms with van der Waals surface area (Å²) in [5.74, 6) is 0.616. The van der Waals surface area contributed by atoms with E-state index in [-0.39, 0.29) is 10.8 Å². The SMILES string of the molecule is Cc1noc(NS(=O)(=O)c2ccc(Nc3ncccc3N)cc2)c1C. The lowest BCUT2D eigenvalue weighted by Crippen LogP contribution is -2.13.